The van der Waals surface area contributed by atoms with Crippen molar-refractivity contribution < 1.29 is 49.4 Å². The van der Waals surface area contributed by atoms with Crippen LogP contribution in [0, 0.1) is 35.5 Å². The molecule has 3 heterocycles. The Morgan fingerprint density at radius 2 is 1.71 bits per heavy atom. The van der Waals surface area contributed by atoms with E-state index in [9.17, 15) is 35.1 Å². The highest BCUT2D eigenvalue weighted by atomic mass is 16.6. The van der Waals surface area contributed by atoms with Crippen LogP contribution >= 0.6 is 0 Å². The Morgan fingerprint density at radius 3 is 2.46 bits per heavy atom. The fourth-order valence-corrected chi connectivity index (χ4v) is 12.4. The normalized spacial score (nSPS) is 31.4. The van der Waals surface area contributed by atoms with E-state index in [2.05, 4.69) is 22.5 Å². The Hall–Kier alpha value is -5.55. The molecule has 12 atom stereocenters. The number of ketones is 1. The summed E-state index contributed by atoms with van der Waals surface area (Å²) in [6.45, 7) is 4.16. The number of nitrogens with one attached hydrogen (secondary N) is 2. The molecule has 3 aromatic rings. The van der Waals surface area contributed by atoms with Gasteiger partial charge in [-0.1, -0.05) is 79.8 Å². The van der Waals surface area contributed by atoms with Gasteiger partial charge in [-0.15, -0.1) is 0 Å². The first-order chi connectivity index (χ1) is 33.2. The molecule has 0 amide bonds. The maximum absolute atomic E-state index is 15.5. The van der Waals surface area contributed by atoms with Crippen molar-refractivity contribution in [2.45, 2.75) is 132 Å². The van der Waals surface area contributed by atoms with Crippen LogP contribution in [0.1, 0.15) is 128 Å². The van der Waals surface area contributed by atoms with Crippen LogP contribution in [-0.2, 0) is 38.4 Å². The first kappa shape index (κ1) is 48.5. The summed E-state index contributed by atoms with van der Waals surface area (Å²) < 4.78 is 12.9. The van der Waals surface area contributed by atoms with Crippen molar-refractivity contribution in [3.8, 4) is 23.3 Å². The number of hydrogen-bond donors (Lipinski definition) is 7. The number of ether oxygens (including phenoxy) is 2. The number of fused-ring (bicyclic) bond motifs is 7. The molecule has 0 saturated heterocycles. The molecular formula is C57H66N2O10. The number of likely N-dealkylation sites (N-methyl/N-ethyl adjacent to an activating group) is 1. The van der Waals surface area contributed by atoms with Gasteiger partial charge in [0, 0.05) is 72.5 Å². The second-order valence-electron chi connectivity index (χ2n) is 20.4. The number of phenols is 1. The number of carbonyl (C=O) groups excluding carboxylic acids is 3. The van der Waals surface area contributed by atoms with Crippen LogP contribution in [0.2, 0.25) is 0 Å². The van der Waals surface area contributed by atoms with Gasteiger partial charge in [0.1, 0.15) is 29.0 Å². The van der Waals surface area contributed by atoms with Gasteiger partial charge < -0.3 is 45.6 Å². The average molecular weight is 939 g/mol. The van der Waals surface area contributed by atoms with Crippen molar-refractivity contribution in [2.75, 3.05) is 25.5 Å². The molecule has 69 heavy (non-hydrogen) atoms. The molecule has 2 saturated carbocycles. The zero-order chi connectivity index (χ0) is 48.6. The number of aliphatic hydroxyl groups excluding tert-OH is 3. The lowest BCUT2D eigenvalue weighted by atomic mass is 9.53. The number of allylic oxidation sites excluding steroid dienone is 4. The molecule has 0 aromatic heterocycles. The number of rotatable bonds is 9. The third-order valence-corrected chi connectivity index (χ3v) is 15.8. The average Bonchev–Trinajstić information content (AvgIpc) is 3.33. The van der Waals surface area contributed by atoms with Crippen molar-refractivity contribution >= 4 is 23.4 Å². The predicted molar refractivity (Wildman–Crippen MR) is 262 cm³/mol. The quantitative estimate of drug-likeness (QED) is 0.0666. The number of benzene rings is 3. The third kappa shape index (κ3) is 9.95. The molecule has 7 N–H and O–H groups in total. The number of phenolic OH excluding ortho intramolecular Hbond substituents is 1. The van der Waals surface area contributed by atoms with Crippen molar-refractivity contribution in [1.29, 1.82) is 0 Å². The fraction of sp³-hybridized carbons (Fsp3) is 0.491. The Kier molecular flexibility index (Phi) is 14.3. The summed E-state index contributed by atoms with van der Waals surface area (Å²) in [6.07, 6.45) is 8.81. The zero-order valence-corrected chi connectivity index (χ0v) is 39.8. The van der Waals surface area contributed by atoms with Gasteiger partial charge in [-0.3, -0.25) is 9.59 Å². The number of carbonyl (C=O) groups is 3. The molecule has 6 aliphatic rings. The van der Waals surface area contributed by atoms with Gasteiger partial charge in [-0.2, -0.15) is 0 Å². The molecule has 3 aliphatic heterocycles. The molecule has 0 unspecified atom stereocenters. The van der Waals surface area contributed by atoms with Crippen LogP contribution in [0.25, 0.3) is 0 Å². The van der Waals surface area contributed by atoms with Crippen molar-refractivity contribution in [2.24, 2.45) is 23.7 Å². The van der Waals surface area contributed by atoms with Gasteiger partial charge in [0.15, 0.2) is 0 Å². The van der Waals surface area contributed by atoms with E-state index in [0.29, 0.717) is 65.6 Å². The van der Waals surface area contributed by atoms with Gasteiger partial charge in [-0.05, 0) is 122 Å². The molecule has 3 aliphatic carbocycles. The van der Waals surface area contributed by atoms with E-state index >= 15 is 4.79 Å². The minimum absolute atomic E-state index is 0.0629. The Bertz CT molecular complexity index is 2620. The highest BCUT2D eigenvalue weighted by molar-refractivity contribution is 5.89. The lowest BCUT2D eigenvalue weighted by Gasteiger charge is -2.56. The Labute approximate surface area is 404 Å². The van der Waals surface area contributed by atoms with Gasteiger partial charge in [0.05, 0.1) is 30.7 Å². The Balaban J connectivity index is 1.29. The fourth-order valence-electron chi connectivity index (χ4n) is 12.4. The number of hydrogen-bond acceptors (Lipinski definition) is 12. The third-order valence-electron chi connectivity index (χ3n) is 15.8. The maximum Gasteiger partial charge on any atom is 0.334 e. The number of anilines is 1. The number of aromatic hydroxyl groups is 1. The second-order valence-corrected chi connectivity index (χ2v) is 20.4. The van der Waals surface area contributed by atoms with E-state index in [1.165, 1.54) is 6.08 Å². The lowest BCUT2D eigenvalue weighted by Crippen LogP contribution is -2.63. The summed E-state index contributed by atoms with van der Waals surface area (Å²) in [5.74, 6) is 2.76. The highest BCUT2D eigenvalue weighted by Gasteiger charge is 2.59. The smallest absolute Gasteiger partial charge is 0.334 e. The lowest BCUT2D eigenvalue weighted by molar-refractivity contribution is -0.212. The summed E-state index contributed by atoms with van der Waals surface area (Å²) in [4.78, 5) is 43.2. The van der Waals surface area contributed by atoms with E-state index < -0.39 is 59.7 Å². The van der Waals surface area contributed by atoms with Crippen LogP contribution in [0.3, 0.4) is 0 Å². The monoisotopic (exact) mass is 938 g/mol. The number of Topliss-reactive ketones (excluding diaryl/α,β-unsaturated/α-hetero) is 1. The van der Waals surface area contributed by atoms with E-state index in [1.807, 2.05) is 73.7 Å². The molecule has 10 bridgehead atoms. The molecule has 0 spiro atoms. The van der Waals surface area contributed by atoms with Crippen molar-refractivity contribution in [3.63, 3.8) is 0 Å². The van der Waals surface area contributed by atoms with Crippen LogP contribution in [-0.4, -0.2) is 87.3 Å². The molecular weight excluding hydrogens is 873 g/mol. The summed E-state index contributed by atoms with van der Waals surface area (Å²) in [5.41, 5.74) is 3.52. The molecule has 3 aromatic carbocycles. The SMILES string of the molecule is CC[C@H]1CC[C@@H]2[C@@H]3Cc4cccc(c4)C[C@H](O)/C=C4/C[C@H](c5cc(NC[C@H](C)O)cc([C@@H](O)CNC)c5)C#C[C@@H]5CC(=O)Oc6c5cc(c(O)c6[C@@H]5C=CC=CC5)C[C@@H](OC4=O)[C@@]1(O)[C@H]2CCC3=O. The first-order valence-electron chi connectivity index (χ1n) is 25.0. The van der Waals surface area contributed by atoms with Gasteiger partial charge in [0.2, 0.25) is 0 Å². The molecule has 9 rings (SSSR count). The van der Waals surface area contributed by atoms with E-state index in [1.54, 1.807) is 20.0 Å². The van der Waals surface area contributed by atoms with E-state index in [0.717, 1.165) is 17.5 Å². The largest absolute Gasteiger partial charge is 0.507 e. The molecule has 12 nitrogen and oxygen atoms in total. The summed E-state index contributed by atoms with van der Waals surface area (Å²) in [5, 5.41) is 66.4. The van der Waals surface area contributed by atoms with Gasteiger partial charge >= 0.3 is 11.9 Å². The topological polar surface area (TPSA) is 195 Å². The molecule has 364 valence electrons. The highest BCUT2D eigenvalue weighted by Crippen LogP contribution is 2.55. The molecule has 12 heteroatoms. The van der Waals surface area contributed by atoms with Crippen molar-refractivity contribution in [1.82, 2.24) is 5.32 Å². The zero-order valence-electron chi connectivity index (χ0n) is 39.8. The summed E-state index contributed by atoms with van der Waals surface area (Å²) >= 11 is 0. The standard InChI is InChI=1S/C57H66N2O10/c1-4-42-15-16-45-47-21-34-10-8-9-33(19-34)20-44(61)26-41-22-36(38-23-39(50(63)31-58-3)25-43(24-38)59-30-32(2)60)13-14-37-29-52(64)69-55-46(37)27-40(54(65)53(55)35-11-6-5-7-12-35)28-51(68-56(41)66)57(42,67)48(45)17-18-49(47)62/h5-11,19,23-27,32,35-37,42,44-45,47-48,50-51,58-61,63,65,67H,4,12,15-18,20-22,28-31H2,1-3H3/b41-26-/t32-,35+,36+,37+,42-,44-,45+,47-,48-,50-,51+,57-/m0/s1. The van der Waals surface area contributed by atoms with E-state index in [4.69, 9.17) is 9.47 Å². The van der Waals surface area contributed by atoms with Crippen molar-refractivity contribution in [3.05, 3.63) is 123 Å². The second kappa shape index (κ2) is 20.4. The number of esters is 2. The molecule has 0 radical (unpaired) electrons. The minimum atomic E-state index is -1.64. The first-order valence-corrected chi connectivity index (χ1v) is 25.0. The Morgan fingerprint density at radius 1 is 0.913 bits per heavy atom. The summed E-state index contributed by atoms with van der Waals surface area (Å²) in [6, 6.07) is 15.2. The van der Waals surface area contributed by atoms with E-state index in [-0.39, 0.29) is 91.7 Å². The number of aliphatic hydroxyl groups is 4. The van der Waals surface area contributed by atoms with Gasteiger partial charge in [0.25, 0.3) is 0 Å². The van der Waals surface area contributed by atoms with Crippen LogP contribution in [0.15, 0.2) is 84.5 Å². The maximum atomic E-state index is 15.5. The van der Waals surface area contributed by atoms with Gasteiger partial charge in [-0.25, -0.2) is 4.79 Å². The predicted octanol–water partition coefficient (Wildman–Crippen LogP) is 6.92. The summed E-state index contributed by atoms with van der Waals surface area (Å²) in [7, 11) is 1.74. The minimum Gasteiger partial charge on any atom is -0.507 e. The van der Waals surface area contributed by atoms with Crippen LogP contribution in [0.5, 0.6) is 11.5 Å². The van der Waals surface area contributed by atoms with Crippen LogP contribution < -0.4 is 15.4 Å². The van der Waals surface area contributed by atoms with Crippen LogP contribution in [0.4, 0.5) is 5.69 Å². The molecule has 2 fully saturated rings.